The first-order valence-corrected chi connectivity index (χ1v) is 5.01. The van der Waals surface area contributed by atoms with Gasteiger partial charge in [-0.2, -0.15) is 0 Å². The maximum atomic E-state index is 8.87. The van der Waals surface area contributed by atoms with Crippen LogP contribution in [0.2, 0.25) is 0 Å². The van der Waals surface area contributed by atoms with Gasteiger partial charge in [0, 0.05) is 4.90 Å². The van der Waals surface area contributed by atoms with Gasteiger partial charge in [-0.15, -0.1) is 24.2 Å². The average molecular weight is 220 g/mol. The minimum Gasteiger partial charge on any atom is -0.394 e. The molecule has 0 aliphatic rings. The highest BCUT2D eigenvalue weighted by Gasteiger charge is 2.07. The van der Waals surface area contributed by atoms with Crippen LogP contribution in [0, 0.1) is 0 Å². The summed E-state index contributed by atoms with van der Waals surface area (Å²) in [5, 5.41) is 8.87. The normalized spacial score (nSPS) is 11.9. The second-order valence-corrected chi connectivity index (χ2v) is 3.38. The SMILES string of the molecule is CSc1ccccc1[C@H](N)CO.Cl. The summed E-state index contributed by atoms with van der Waals surface area (Å²) in [6, 6.07) is 7.61. The van der Waals surface area contributed by atoms with Crippen LogP contribution in [0.15, 0.2) is 29.2 Å². The molecule has 3 N–H and O–H groups in total. The van der Waals surface area contributed by atoms with Crippen LogP contribution < -0.4 is 5.73 Å². The van der Waals surface area contributed by atoms with E-state index in [1.165, 1.54) is 0 Å². The zero-order valence-corrected chi connectivity index (χ0v) is 9.07. The van der Waals surface area contributed by atoms with Crippen LogP contribution >= 0.6 is 24.2 Å². The van der Waals surface area contributed by atoms with E-state index in [9.17, 15) is 0 Å². The summed E-state index contributed by atoms with van der Waals surface area (Å²) in [6.07, 6.45) is 2.00. The summed E-state index contributed by atoms with van der Waals surface area (Å²) in [6.45, 7) is -0.00241. The van der Waals surface area contributed by atoms with Crippen LogP contribution in [0.25, 0.3) is 0 Å². The molecular formula is C9H14ClNOS. The molecule has 0 aliphatic heterocycles. The molecule has 1 atom stereocenters. The lowest BCUT2D eigenvalue weighted by atomic mass is 10.1. The molecule has 74 valence electrons. The van der Waals surface area contributed by atoms with E-state index in [2.05, 4.69) is 0 Å². The fraction of sp³-hybridized carbons (Fsp3) is 0.333. The third kappa shape index (κ3) is 3.19. The van der Waals surface area contributed by atoms with Crippen molar-refractivity contribution in [2.75, 3.05) is 12.9 Å². The zero-order chi connectivity index (χ0) is 8.97. The van der Waals surface area contributed by atoms with E-state index in [1.807, 2.05) is 30.5 Å². The maximum Gasteiger partial charge on any atom is 0.0624 e. The Morgan fingerprint density at radius 2 is 2.08 bits per heavy atom. The van der Waals surface area contributed by atoms with E-state index in [0.717, 1.165) is 10.5 Å². The van der Waals surface area contributed by atoms with Crippen molar-refractivity contribution in [1.82, 2.24) is 0 Å². The second-order valence-electron chi connectivity index (χ2n) is 2.53. The summed E-state index contributed by atoms with van der Waals surface area (Å²) < 4.78 is 0. The number of aliphatic hydroxyl groups is 1. The summed E-state index contributed by atoms with van der Waals surface area (Å²) in [4.78, 5) is 1.14. The Morgan fingerprint density at radius 1 is 1.46 bits per heavy atom. The van der Waals surface area contributed by atoms with Crippen LogP contribution in [0.4, 0.5) is 0 Å². The quantitative estimate of drug-likeness (QED) is 0.763. The molecule has 0 bridgehead atoms. The first kappa shape index (κ1) is 12.8. The Balaban J connectivity index is 0.00000144. The van der Waals surface area contributed by atoms with E-state index in [-0.39, 0.29) is 25.1 Å². The van der Waals surface area contributed by atoms with Crippen LogP contribution in [0.5, 0.6) is 0 Å². The number of thioether (sulfide) groups is 1. The predicted molar refractivity (Wildman–Crippen MR) is 59.5 cm³/mol. The minimum absolute atomic E-state index is 0. The molecule has 4 heteroatoms. The molecule has 1 rings (SSSR count). The van der Waals surface area contributed by atoms with E-state index in [4.69, 9.17) is 10.8 Å². The second kappa shape index (κ2) is 6.27. The monoisotopic (exact) mass is 219 g/mol. The first-order valence-electron chi connectivity index (χ1n) is 3.79. The number of benzene rings is 1. The van der Waals surface area contributed by atoms with Crippen molar-refractivity contribution in [3.63, 3.8) is 0 Å². The van der Waals surface area contributed by atoms with Gasteiger partial charge < -0.3 is 10.8 Å². The number of nitrogens with two attached hydrogens (primary N) is 1. The Hall–Kier alpha value is -0.220. The highest BCUT2D eigenvalue weighted by molar-refractivity contribution is 7.98. The van der Waals surface area contributed by atoms with E-state index < -0.39 is 0 Å². The molecule has 0 aliphatic carbocycles. The maximum absolute atomic E-state index is 8.87. The predicted octanol–water partition coefficient (Wildman–Crippen LogP) is 1.82. The van der Waals surface area contributed by atoms with Gasteiger partial charge in [0.2, 0.25) is 0 Å². The summed E-state index contributed by atoms with van der Waals surface area (Å²) in [7, 11) is 0. The van der Waals surface area contributed by atoms with Crippen LogP contribution in [-0.2, 0) is 0 Å². The molecule has 1 aromatic rings. The molecule has 0 fully saturated rings. The Kier molecular flexibility index (Phi) is 6.16. The standard InChI is InChI=1S/C9H13NOS.ClH/c1-12-9-5-3-2-4-7(9)8(10)6-11;/h2-5,8,11H,6,10H2,1H3;1H/t8-;/m1./s1. The fourth-order valence-corrected chi connectivity index (χ4v) is 1.74. The highest BCUT2D eigenvalue weighted by atomic mass is 35.5. The summed E-state index contributed by atoms with van der Waals surface area (Å²) in [5.74, 6) is 0. The average Bonchev–Trinajstić information content (AvgIpc) is 2.16. The Morgan fingerprint density at radius 3 is 2.62 bits per heavy atom. The molecule has 1 aromatic carbocycles. The van der Waals surface area contributed by atoms with Crippen molar-refractivity contribution in [2.24, 2.45) is 5.73 Å². The number of hydrogen-bond acceptors (Lipinski definition) is 3. The summed E-state index contributed by atoms with van der Waals surface area (Å²) >= 11 is 1.65. The van der Waals surface area contributed by atoms with Gasteiger partial charge in [-0.1, -0.05) is 18.2 Å². The third-order valence-corrected chi connectivity index (χ3v) is 2.55. The number of hydrogen-bond donors (Lipinski definition) is 2. The lowest BCUT2D eigenvalue weighted by molar-refractivity contribution is 0.267. The molecule has 0 saturated heterocycles. The molecule has 0 radical (unpaired) electrons. The van der Waals surface area contributed by atoms with Crippen molar-refractivity contribution in [2.45, 2.75) is 10.9 Å². The molecule has 0 saturated carbocycles. The van der Waals surface area contributed by atoms with Crippen molar-refractivity contribution in [3.8, 4) is 0 Å². The van der Waals surface area contributed by atoms with Crippen molar-refractivity contribution in [1.29, 1.82) is 0 Å². The minimum atomic E-state index is -0.256. The van der Waals surface area contributed by atoms with Crippen LogP contribution in [0.3, 0.4) is 0 Å². The fourth-order valence-electron chi connectivity index (χ4n) is 1.07. The molecule has 0 aromatic heterocycles. The smallest absolute Gasteiger partial charge is 0.0624 e. The highest BCUT2D eigenvalue weighted by Crippen LogP contribution is 2.23. The topological polar surface area (TPSA) is 46.2 Å². The van der Waals surface area contributed by atoms with Gasteiger partial charge in [0.1, 0.15) is 0 Å². The lowest BCUT2D eigenvalue weighted by Gasteiger charge is -2.11. The van der Waals surface area contributed by atoms with Crippen molar-refractivity contribution >= 4 is 24.2 Å². The van der Waals surface area contributed by atoms with Crippen LogP contribution in [0.1, 0.15) is 11.6 Å². The van der Waals surface area contributed by atoms with Gasteiger partial charge in [0.25, 0.3) is 0 Å². The lowest BCUT2D eigenvalue weighted by Crippen LogP contribution is -2.15. The number of halogens is 1. The van der Waals surface area contributed by atoms with E-state index in [0.29, 0.717) is 0 Å². The Bertz CT molecular complexity index is 257. The van der Waals surface area contributed by atoms with Gasteiger partial charge in [0.05, 0.1) is 12.6 Å². The Labute approximate surface area is 88.9 Å². The van der Waals surface area contributed by atoms with Gasteiger partial charge in [-0.05, 0) is 17.9 Å². The van der Waals surface area contributed by atoms with Gasteiger partial charge in [-0.25, -0.2) is 0 Å². The van der Waals surface area contributed by atoms with E-state index in [1.54, 1.807) is 11.8 Å². The van der Waals surface area contributed by atoms with Crippen molar-refractivity contribution in [3.05, 3.63) is 29.8 Å². The summed E-state index contributed by atoms with van der Waals surface area (Å²) in [5.41, 5.74) is 6.73. The largest absolute Gasteiger partial charge is 0.394 e. The third-order valence-electron chi connectivity index (χ3n) is 1.74. The number of aliphatic hydroxyl groups excluding tert-OH is 1. The molecular weight excluding hydrogens is 206 g/mol. The van der Waals surface area contributed by atoms with Gasteiger partial charge >= 0.3 is 0 Å². The van der Waals surface area contributed by atoms with Gasteiger partial charge in [-0.3, -0.25) is 0 Å². The molecule has 13 heavy (non-hydrogen) atoms. The molecule has 2 nitrogen and oxygen atoms in total. The van der Waals surface area contributed by atoms with Gasteiger partial charge in [0.15, 0.2) is 0 Å². The van der Waals surface area contributed by atoms with Crippen molar-refractivity contribution < 1.29 is 5.11 Å². The zero-order valence-electron chi connectivity index (χ0n) is 7.43. The number of rotatable bonds is 3. The molecule has 0 unspecified atom stereocenters. The molecule has 0 heterocycles. The molecule has 0 amide bonds. The molecule has 0 spiro atoms. The first-order chi connectivity index (χ1) is 5.79. The van der Waals surface area contributed by atoms with Crippen LogP contribution in [-0.4, -0.2) is 18.0 Å². The van der Waals surface area contributed by atoms with E-state index >= 15 is 0 Å².